The maximum Gasteiger partial charge on any atom is 0.286 e. The summed E-state index contributed by atoms with van der Waals surface area (Å²) < 4.78 is 29.8. The zero-order chi connectivity index (χ0) is 8.48. The van der Waals surface area contributed by atoms with Crippen molar-refractivity contribution < 1.29 is 13.0 Å². The van der Waals surface area contributed by atoms with Gasteiger partial charge in [0.15, 0.2) is 5.37 Å². The first-order valence-corrected chi connectivity index (χ1v) is 4.74. The predicted octanol–water partition coefficient (Wildman–Crippen LogP) is -0.436. The van der Waals surface area contributed by atoms with Gasteiger partial charge >= 0.3 is 0 Å². The summed E-state index contributed by atoms with van der Waals surface area (Å²) in [5.41, 5.74) is 0. The Kier molecular flexibility index (Phi) is 2.15. The van der Waals surface area contributed by atoms with Crippen LogP contribution in [0.3, 0.4) is 0 Å². The molecule has 1 aliphatic rings. The fraction of sp³-hybridized carbons (Fsp3) is 0.800. The molecule has 0 saturated carbocycles. The molecule has 1 aliphatic heterocycles. The fourth-order valence-electron chi connectivity index (χ4n) is 0.840. The lowest BCUT2D eigenvalue weighted by atomic mass is 10.6. The van der Waals surface area contributed by atoms with E-state index in [2.05, 4.69) is 4.99 Å². The highest BCUT2D eigenvalue weighted by Crippen LogP contribution is 2.06. The Morgan fingerprint density at radius 1 is 1.73 bits per heavy atom. The molecule has 0 spiro atoms. The van der Waals surface area contributed by atoms with Gasteiger partial charge in [0.1, 0.15) is 0 Å². The molecule has 0 radical (unpaired) electrons. The maximum absolute atomic E-state index is 10.6. The minimum Gasteiger partial charge on any atom is -0.343 e. The maximum atomic E-state index is 10.6. The van der Waals surface area contributed by atoms with Gasteiger partial charge in [0.2, 0.25) is 0 Å². The highest BCUT2D eigenvalue weighted by atomic mass is 32.2. The third kappa shape index (κ3) is 1.90. The second-order valence-electron chi connectivity index (χ2n) is 2.37. The molecule has 0 aromatic rings. The lowest BCUT2D eigenvalue weighted by molar-refractivity contribution is 0.390. The van der Waals surface area contributed by atoms with E-state index in [4.69, 9.17) is 4.55 Å². The van der Waals surface area contributed by atoms with Crippen LogP contribution in [0, 0.1) is 0 Å². The standard InChI is InChI=1S/C5H10N2O3S/c1-5(11(8,9)10)7-3-2-6-4-7/h4-5H,2-3H2,1H3,(H,8,9,10). The Morgan fingerprint density at radius 2 is 2.36 bits per heavy atom. The average molecular weight is 178 g/mol. The fourth-order valence-corrected chi connectivity index (χ4v) is 1.34. The Hall–Kier alpha value is -0.620. The molecule has 0 saturated heterocycles. The zero-order valence-electron chi connectivity index (χ0n) is 6.14. The molecule has 1 atom stereocenters. The van der Waals surface area contributed by atoms with E-state index in [0.717, 1.165) is 0 Å². The minimum atomic E-state index is -3.95. The van der Waals surface area contributed by atoms with Gasteiger partial charge < -0.3 is 4.90 Å². The van der Waals surface area contributed by atoms with Crippen LogP contribution in [-0.2, 0) is 10.1 Å². The van der Waals surface area contributed by atoms with E-state index >= 15 is 0 Å². The van der Waals surface area contributed by atoms with Crippen LogP contribution in [0.5, 0.6) is 0 Å². The summed E-state index contributed by atoms with van der Waals surface area (Å²) in [7, 11) is -3.95. The van der Waals surface area contributed by atoms with Crippen molar-refractivity contribution in [3.8, 4) is 0 Å². The van der Waals surface area contributed by atoms with Crippen LogP contribution in [0.2, 0.25) is 0 Å². The molecular weight excluding hydrogens is 168 g/mol. The first-order chi connectivity index (χ1) is 5.02. The highest BCUT2D eigenvalue weighted by molar-refractivity contribution is 7.86. The van der Waals surface area contributed by atoms with E-state index in [-0.39, 0.29) is 0 Å². The molecule has 5 nitrogen and oxygen atoms in total. The molecule has 0 fully saturated rings. The van der Waals surface area contributed by atoms with Crippen LogP contribution in [0.25, 0.3) is 0 Å². The Balaban J connectivity index is 2.68. The topological polar surface area (TPSA) is 70.0 Å². The van der Waals surface area contributed by atoms with Gasteiger partial charge in [0.05, 0.1) is 12.9 Å². The normalized spacial score (nSPS) is 20.7. The average Bonchev–Trinajstić information content (AvgIpc) is 2.34. The van der Waals surface area contributed by atoms with Gasteiger partial charge in [0.25, 0.3) is 10.1 Å². The van der Waals surface area contributed by atoms with Crippen molar-refractivity contribution in [1.29, 1.82) is 0 Å². The summed E-state index contributed by atoms with van der Waals surface area (Å²) in [6, 6.07) is 0. The molecule has 1 rings (SSSR count). The second-order valence-corrected chi connectivity index (χ2v) is 4.09. The molecular formula is C5H10N2O3S. The van der Waals surface area contributed by atoms with Crippen molar-refractivity contribution in [2.75, 3.05) is 13.1 Å². The smallest absolute Gasteiger partial charge is 0.286 e. The van der Waals surface area contributed by atoms with Gasteiger partial charge in [-0.05, 0) is 6.92 Å². The van der Waals surface area contributed by atoms with Gasteiger partial charge in [-0.2, -0.15) is 8.42 Å². The minimum absolute atomic E-state index is 0.557. The van der Waals surface area contributed by atoms with Crippen molar-refractivity contribution in [3.63, 3.8) is 0 Å². The molecule has 1 heterocycles. The summed E-state index contributed by atoms with van der Waals surface area (Å²) in [6.45, 7) is 2.58. The first kappa shape index (κ1) is 8.48. The molecule has 0 aromatic carbocycles. The largest absolute Gasteiger partial charge is 0.343 e. The van der Waals surface area contributed by atoms with Crippen LogP contribution in [0.15, 0.2) is 4.99 Å². The van der Waals surface area contributed by atoms with Crippen molar-refractivity contribution in [1.82, 2.24) is 4.90 Å². The van der Waals surface area contributed by atoms with Crippen LogP contribution in [0.4, 0.5) is 0 Å². The van der Waals surface area contributed by atoms with Crippen molar-refractivity contribution in [3.05, 3.63) is 0 Å². The van der Waals surface area contributed by atoms with Crippen LogP contribution in [0.1, 0.15) is 6.92 Å². The monoisotopic (exact) mass is 178 g/mol. The number of hydrogen-bond acceptors (Lipinski definition) is 4. The molecule has 1 N–H and O–H groups in total. The molecule has 0 bridgehead atoms. The molecule has 1 unspecified atom stereocenters. The van der Waals surface area contributed by atoms with Gasteiger partial charge in [-0.25, -0.2) is 0 Å². The summed E-state index contributed by atoms with van der Waals surface area (Å²) >= 11 is 0. The summed E-state index contributed by atoms with van der Waals surface area (Å²) in [5.74, 6) is 0. The molecule has 6 heteroatoms. The Labute approximate surface area is 65.5 Å². The van der Waals surface area contributed by atoms with E-state index in [9.17, 15) is 8.42 Å². The van der Waals surface area contributed by atoms with Crippen LogP contribution >= 0.6 is 0 Å². The molecule has 0 aromatic heterocycles. The summed E-state index contributed by atoms with van der Waals surface area (Å²) in [6.07, 6.45) is 1.44. The Bertz CT molecular complexity index is 259. The molecule has 64 valence electrons. The third-order valence-corrected chi connectivity index (χ3v) is 2.75. The highest BCUT2D eigenvalue weighted by Gasteiger charge is 2.24. The Morgan fingerprint density at radius 3 is 2.73 bits per heavy atom. The van der Waals surface area contributed by atoms with E-state index in [1.54, 1.807) is 0 Å². The zero-order valence-corrected chi connectivity index (χ0v) is 6.95. The molecule has 0 aliphatic carbocycles. The molecule has 11 heavy (non-hydrogen) atoms. The lowest BCUT2D eigenvalue weighted by Crippen LogP contribution is -2.36. The van der Waals surface area contributed by atoms with Gasteiger partial charge in [-0.3, -0.25) is 9.55 Å². The van der Waals surface area contributed by atoms with Gasteiger partial charge in [-0.1, -0.05) is 0 Å². The SMILES string of the molecule is CC(N1C=NCC1)S(=O)(=O)O. The van der Waals surface area contributed by atoms with Crippen molar-refractivity contribution in [2.45, 2.75) is 12.3 Å². The number of rotatable bonds is 2. The summed E-state index contributed by atoms with van der Waals surface area (Å²) in [4.78, 5) is 5.31. The van der Waals surface area contributed by atoms with Crippen molar-refractivity contribution in [2.24, 2.45) is 4.99 Å². The first-order valence-electron chi connectivity index (χ1n) is 3.24. The van der Waals surface area contributed by atoms with Crippen LogP contribution in [-0.4, -0.2) is 42.7 Å². The second kappa shape index (κ2) is 2.78. The van der Waals surface area contributed by atoms with Gasteiger partial charge in [0, 0.05) is 6.54 Å². The number of aliphatic imine (C=N–C) groups is 1. The van der Waals surface area contributed by atoms with Crippen molar-refractivity contribution >= 4 is 16.5 Å². The summed E-state index contributed by atoms with van der Waals surface area (Å²) in [5, 5.41) is -0.881. The number of hydrogen-bond donors (Lipinski definition) is 1. The predicted molar refractivity (Wildman–Crippen MR) is 41.1 cm³/mol. The van der Waals surface area contributed by atoms with Crippen LogP contribution < -0.4 is 0 Å². The third-order valence-electron chi connectivity index (χ3n) is 1.62. The van der Waals surface area contributed by atoms with E-state index in [1.165, 1.54) is 18.2 Å². The lowest BCUT2D eigenvalue weighted by Gasteiger charge is -2.19. The van der Waals surface area contributed by atoms with Gasteiger partial charge in [-0.15, -0.1) is 0 Å². The van der Waals surface area contributed by atoms with E-state index < -0.39 is 15.5 Å². The number of nitrogens with zero attached hydrogens (tertiary/aromatic N) is 2. The molecule has 0 amide bonds. The van der Waals surface area contributed by atoms with E-state index in [0.29, 0.717) is 13.1 Å². The quantitative estimate of drug-likeness (QED) is 0.582. The van der Waals surface area contributed by atoms with E-state index in [1.807, 2.05) is 0 Å².